The van der Waals surface area contributed by atoms with Gasteiger partial charge in [-0.15, -0.1) is 11.8 Å². The molecule has 2 rings (SSSR count). The highest BCUT2D eigenvalue weighted by Crippen LogP contribution is 2.27. The van der Waals surface area contributed by atoms with Crippen LogP contribution in [0.5, 0.6) is 0 Å². The molecule has 0 bridgehead atoms. The Hall–Kier alpha value is -0.670. The maximum atomic E-state index is 3.63. The zero-order valence-electron chi connectivity index (χ0n) is 12.6. The summed E-state index contributed by atoms with van der Waals surface area (Å²) in [7, 11) is 0. The molecule has 0 saturated carbocycles. The third kappa shape index (κ3) is 4.43. The zero-order valence-corrected chi connectivity index (χ0v) is 13.4. The first-order chi connectivity index (χ1) is 8.98. The summed E-state index contributed by atoms with van der Waals surface area (Å²) < 4.78 is 0. The van der Waals surface area contributed by atoms with Crippen molar-refractivity contribution in [3.63, 3.8) is 0 Å². The van der Waals surface area contributed by atoms with E-state index in [2.05, 4.69) is 61.5 Å². The van der Waals surface area contributed by atoms with E-state index in [9.17, 15) is 0 Å². The molecule has 0 aliphatic carbocycles. The van der Waals surface area contributed by atoms with Crippen LogP contribution in [0.1, 0.15) is 27.2 Å². The molecule has 1 saturated heterocycles. The van der Waals surface area contributed by atoms with E-state index in [1.807, 2.05) is 11.8 Å². The van der Waals surface area contributed by atoms with Crippen LogP contribution in [0.3, 0.4) is 0 Å². The normalized spacial score (nSPS) is 20.0. The van der Waals surface area contributed by atoms with Crippen molar-refractivity contribution in [2.45, 2.75) is 37.6 Å². The van der Waals surface area contributed by atoms with Gasteiger partial charge in [-0.2, -0.15) is 0 Å². The minimum atomic E-state index is 0.228. The van der Waals surface area contributed by atoms with Gasteiger partial charge in [-0.05, 0) is 57.6 Å². The van der Waals surface area contributed by atoms with Crippen LogP contribution in [0.2, 0.25) is 0 Å². The van der Waals surface area contributed by atoms with Gasteiger partial charge in [0, 0.05) is 35.8 Å². The molecule has 1 N–H and O–H groups in total. The number of hydrogen-bond donors (Lipinski definition) is 1. The Labute approximate surface area is 122 Å². The molecular formula is C16H26N2S. The topological polar surface area (TPSA) is 15.3 Å². The highest BCUT2D eigenvalue weighted by Gasteiger charge is 2.23. The first-order valence-electron chi connectivity index (χ1n) is 7.12. The van der Waals surface area contributed by atoms with Crippen LogP contribution in [0.15, 0.2) is 29.2 Å². The molecule has 1 aromatic rings. The van der Waals surface area contributed by atoms with E-state index in [4.69, 9.17) is 0 Å². The summed E-state index contributed by atoms with van der Waals surface area (Å²) in [5.74, 6) is 0.775. The van der Waals surface area contributed by atoms with Crippen molar-refractivity contribution in [3.8, 4) is 0 Å². The van der Waals surface area contributed by atoms with Crippen LogP contribution in [-0.2, 0) is 0 Å². The fourth-order valence-corrected chi connectivity index (χ4v) is 2.94. The van der Waals surface area contributed by atoms with Gasteiger partial charge >= 0.3 is 0 Å². The van der Waals surface area contributed by atoms with Crippen molar-refractivity contribution >= 4 is 17.4 Å². The van der Waals surface area contributed by atoms with Crippen LogP contribution in [0, 0.1) is 5.92 Å². The number of nitrogens with one attached hydrogen (secondary N) is 1. The summed E-state index contributed by atoms with van der Waals surface area (Å²) in [4.78, 5) is 3.88. The Morgan fingerprint density at radius 3 is 2.84 bits per heavy atom. The Balaban J connectivity index is 1.90. The van der Waals surface area contributed by atoms with E-state index in [1.165, 1.54) is 30.1 Å². The molecule has 0 aromatic heterocycles. The lowest BCUT2D eigenvalue weighted by Crippen LogP contribution is -2.39. The van der Waals surface area contributed by atoms with Crippen molar-refractivity contribution in [1.82, 2.24) is 5.32 Å². The average molecular weight is 278 g/mol. The van der Waals surface area contributed by atoms with Crippen LogP contribution in [0.25, 0.3) is 0 Å². The van der Waals surface area contributed by atoms with Gasteiger partial charge in [0.25, 0.3) is 0 Å². The molecule has 1 aromatic carbocycles. The van der Waals surface area contributed by atoms with E-state index in [1.54, 1.807) is 0 Å². The standard InChI is InChI=1S/C16H26N2S/c1-16(2,3)17-11-13-8-9-18(12-13)14-6-5-7-15(10-14)19-4/h5-7,10,13,17H,8-9,11-12H2,1-4H3. The van der Waals surface area contributed by atoms with Gasteiger partial charge in [-0.1, -0.05) is 6.07 Å². The molecule has 1 heterocycles. The Morgan fingerprint density at radius 1 is 1.37 bits per heavy atom. The molecule has 0 spiro atoms. The first kappa shape index (κ1) is 14.7. The van der Waals surface area contributed by atoms with Gasteiger partial charge < -0.3 is 10.2 Å². The van der Waals surface area contributed by atoms with E-state index in [-0.39, 0.29) is 5.54 Å². The largest absolute Gasteiger partial charge is 0.371 e. The van der Waals surface area contributed by atoms with Gasteiger partial charge in [0.1, 0.15) is 0 Å². The number of thioether (sulfide) groups is 1. The number of anilines is 1. The molecule has 0 radical (unpaired) electrons. The maximum absolute atomic E-state index is 3.63. The number of rotatable bonds is 4. The van der Waals surface area contributed by atoms with Crippen molar-refractivity contribution in [3.05, 3.63) is 24.3 Å². The highest BCUT2D eigenvalue weighted by molar-refractivity contribution is 7.98. The molecule has 0 amide bonds. The van der Waals surface area contributed by atoms with Crippen LogP contribution in [0.4, 0.5) is 5.69 Å². The van der Waals surface area contributed by atoms with E-state index in [0.717, 1.165) is 12.5 Å². The fourth-order valence-electron chi connectivity index (χ4n) is 2.49. The van der Waals surface area contributed by atoms with Crippen molar-refractivity contribution in [2.75, 3.05) is 30.8 Å². The third-order valence-electron chi connectivity index (χ3n) is 3.63. The minimum Gasteiger partial charge on any atom is -0.371 e. The predicted molar refractivity (Wildman–Crippen MR) is 86.3 cm³/mol. The smallest absolute Gasteiger partial charge is 0.0377 e. The summed E-state index contributed by atoms with van der Waals surface area (Å²) in [6.07, 6.45) is 3.44. The molecule has 1 atom stereocenters. The number of benzene rings is 1. The SMILES string of the molecule is CSc1cccc(N2CCC(CNC(C)(C)C)C2)c1. The van der Waals surface area contributed by atoms with E-state index in [0.29, 0.717) is 0 Å². The van der Waals surface area contributed by atoms with Crippen molar-refractivity contribution in [2.24, 2.45) is 5.92 Å². The van der Waals surface area contributed by atoms with Gasteiger partial charge in [0.2, 0.25) is 0 Å². The summed E-state index contributed by atoms with van der Waals surface area (Å²) in [6, 6.07) is 8.90. The molecule has 1 aliphatic rings. The Kier molecular flexibility index (Phi) is 4.80. The highest BCUT2D eigenvalue weighted by atomic mass is 32.2. The fraction of sp³-hybridized carbons (Fsp3) is 0.625. The average Bonchev–Trinajstić information content (AvgIpc) is 2.84. The molecule has 106 valence electrons. The second-order valence-corrected chi connectivity index (χ2v) is 7.31. The lowest BCUT2D eigenvalue weighted by atomic mass is 10.1. The Morgan fingerprint density at radius 2 is 2.16 bits per heavy atom. The van der Waals surface area contributed by atoms with Gasteiger partial charge in [0.15, 0.2) is 0 Å². The second kappa shape index (κ2) is 6.19. The van der Waals surface area contributed by atoms with Crippen molar-refractivity contribution < 1.29 is 0 Å². The molecule has 3 heteroatoms. The number of nitrogens with zero attached hydrogens (tertiary/aromatic N) is 1. The van der Waals surface area contributed by atoms with Gasteiger partial charge in [-0.3, -0.25) is 0 Å². The Bertz CT molecular complexity index is 411. The maximum Gasteiger partial charge on any atom is 0.0377 e. The molecule has 2 nitrogen and oxygen atoms in total. The second-order valence-electron chi connectivity index (χ2n) is 6.43. The lowest BCUT2D eigenvalue weighted by molar-refractivity contribution is 0.383. The molecular weight excluding hydrogens is 252 g/mol. The molecule has 1 unspecified atom stereocenters. The molecule has 1 aliphatic heterocycles. The zero-order chi connectivity index (χ0) is 13.9. The minimum absolute atomic E-state index is 0.228. The summed E-state index contributed by atoms with van der Waals surface area (Å²) in [5.41, 5.74) is 1.61. The quantitative estimate of drug-likeness (QED) is 0.847. The van der Waals surface area contributed by atoms with Crippen LogP contribution >= 0.6 is 11.8 Å². The summed E-state index contributed by atoms with van der Waals surface area (Å²) in [5, 5.41) is 3.63. The third-order valence-corrected chi connectivity index (χ3v) is 4.35. The lowest BCUT2D eigenvalue weighted by Gasteiger charge is -2.24. The van der Waals surface area contributed by atoms with E-state index >= 15 is 0 Å². The molecule has 19 heavy (non-hydrogen) atoms. The van der Waals surface area contributed by atoms with Crippen LogP contribution in [-0.4, -0.2) is 31.4 Å². The molecule has 1 fully saturated rings. The summed E-state index contributed by atoms with van der Waals surface area (Å²) in [6.45, 7) is 10.2. The summed E-state index contributed by atoms with van der Waals surface area (Å²) >= 11 is 1.82. The predicted octanol–water partition coefficient (Wildman–Crippen LogP) is 3.62. The number of hydrogen-bond acceptors (Lipinski definition) is 3. The van der Waals surface area contributed by atoms with Gasteiger partial charge in [-0.25, -0.2) is 0 Å². The monoisotopic (exact) mass is 278 g/mol. The first-order valence-corrected chi connectivity index (χ1v) is 8.34. The van der Waals surface area contributed by atoms with Crippen molar-refractivity contribution in [1.29, 1.82) is 0 Å². The van der Waals surface area contributed by atoms with Gasteiger partial charge in [0.05, 0.1) is 0 Å². The van der Waals surface area contributed by atoms with E-state index < -0.39 is 0 Å². The van der Waals surface area contributed by atoms with Crippen LogP contribution < -0.4 is 10.2 Å².